The van der Waals surface area contributed by atoms with E-state index < -0.39 is 31.1 Å². The highest BCUT2D eigenvalue weighted by Crippen LogP contribution is 2.30. The normalized spacial score (nSPS) is 15.9. The van der Waals surface area contributed by atoms with Crippen molar-refractivity contribution in [3.05, 3.63) is 0 Å². The molecular formula is C10H16F4OS. The van der Waals surface area contributed by atoms with Gasteiger partial charge in [0, 0.05) is 25.0 Å². The van der Waals surface area contributed by atoms with Crippen LogP contribution in [0.3, 0.4) is 0 Å². The number of halogens is 4. The first-order valence-electron chi connectivity index (χ1n) is 5.11. The lowest BCUT2D eigenvalue weighted by Gasteiger charge is -2.20. The first-order valence-corrected chi connectivity index (χ1v) is 6.09. The Balaban J connectivity index is 3.98. The van der Waals surface area contributed by atoms with Crippen molar-refractivity contribution < 1.29 is 22.4 Å². The Morgan fingerprint density at radius 2 is 1.94 bits per heavy atom. The zero-order valence-corrected chi connectivity index (χ0v) is 10.1. The monoisotopic (exact) mass is 260 g/mol. The zero-order valence-electron chi connectivity index (χ0n) is 9.31. The molecule has 2 unspecified atom stereocenters. The average molecular weight is 260 g/mol. The molecule has 0 aromatic carbocycles. The van der Waals surface area contributed by atoms with Crippen LogP contribution in [0, 0.1) is 0 Å². The first kappa shape index (κ1) is 15.7. The fourth-order valence-electron chi connectivity index (χ4n) is 1.02. The number of alkyl halides is 4. The van der Waals surface area contributed by atoms with Crippen molar-refractivity contribution in [2.45, 2.75) is 51.4 Å². The molecule has 0 aliphatic heterocycles. The Hall–Kier alpha value is -0.260. The molecule has 0 aliphatic rings. The summed E-state index contributed by atoms with van der Waals surface area (Å²) >= 11 is 0.760. The van der Waals surface area contributed by atoms with Gasteiger partial charge in [-0.05, 0) is 6.92 Å². The Labute approximate surface area is 97.0 Å². The van der Waals surface area contributed by atoms with Crippen molar-refractivity contribution in [3.8, 4) is 0 Å². The molecule has 0 aromatic heterocycles. The maximum atomic E-state index is 13.1. The van der Waals surface area contributed by atoms with Crippen LogP contribution in [0.5, 0.6) is 0 Å². The summed E-state index contributed by atoms with van der Waals surface area (Å²) in [5, 5.41) is -0.204. The molecule has 0 bridgehead atoms. The Morgan fingerprint density at radius 3 is 2.38 bits per heavy atom. The Kier molecular flexibility index (Phi) is 7.03. The van der Waals surface area contributed by atoms with Gasteiger partial charge in [0.2, 0.25) is 0 Å². The third-order valence-electron chi connectivity index (χ3n) is 1.98. The van der Waals surface area contributed by atoms with Gasteiger partial charge in [-0.15, -0.1) is 0 Å². The molecule has 0 aliphatic carbocycles. The SMILES string of the molecule is CCC(=O)SCCC(F)(F)C(F)CC(C)F. The fraction of sp³-hybridized carbons (Fsp3) is 0.900. The molecule has 0 rings (SSSR count). The molecule has 0 radical (unpaired) electrons. The number of thioether (sulfide) groups is 1. The highest BCUT2D eigenvalue weighted by atomic mass is 32.2. The zero-order chi connectivity index (χ0) is 12.8. The highest BCUT2D eigenvalue weighted by Gasteiger charge is 2.40. The minimum atomic E-state index is -3.55. The summed E-state index contributed by atoms with van der Waals surface area (Å²) in [6.45, 7) is 2.66. The van der Waals surface area contributed by atoms with E-state index in [0.29, 0.717) is 0 Å². The minimum Gasteiger partial charge on any atom is -0.287 e. The second-order valence-electron chi connectivity index (χ2n) is 3.57. The van der Waals surface area contributed by atoms with Crippen LogP contribution in [0.1, 0.15) is 33.1 Å². The summed E-state index contributed by atoms with van der Waals surface area (Å²) in [5.74, 6) is -3.69. The van der Waals surface area contributed by atoms with Crippen LogP contribution in [0.4, 0.5) is 17.6 Å². The smallest absolute Gasteiger partial charge is 0.279 e. The van der Waals surface area contributed by atoms with Gasteiger partial charge in [-0.3, -0.25) is 4.79 Å². The van der Waals surface area contributed by atoms with Crippen LogP contribution in [-0.2, 0) is 4.79 Å². The summed E-state index contributed by atoms with van der Waals surface area (Å²) in [7, 11) is 0. The molecular weight excluding hydrogens is 244 g/mol. The number of hydrogen-bond donors (Lipinski definition) is 0. The van der Waals surface area contributed by atoms with Crippen LogP contribution in [-0.4, -0.2) is 29.1 Å². The summed E-state index contributed by atoms with van der Waals surface area (Å²) in [4.78, 5) is 10.8. The van der Waals surface area contributed by atoms with Crippen molar-refractivity contribution in [1.29, 1.82) is 0 Å². The van der Waals surface area contributed by atoms with E-state index in [0.717, 1.165) is 18.7 Å². The van der Waals surface area contributed by atoms with E-state index >= 15 is 0 Å². The second-order valence-corrected chi connectivity index (χ2v) is 4.72. The summed E-state index contributed by atoms with van der Waals surface area (Å²) in [6.07, 6.45) is -5.36. The fourth-order valence-corrected chi connectivity index (χ4v) is 1.82. The molecule has 6 heteroatoms. The van der Waals surface area contributed by atoms with Gasteiger partial charge in [-0.1, -0.05) is 18.7 Å². The van der Waals surface area contributed by atoms with E-state index in [9.17, 15) is 22.4 Å². The maximum absolute atomic E-state index is 13.1. The Morgan fingerprint density at radius 1 is 1.38 bits per heavy atom. The van der Waals surface area contributed by atoms with Gasteiger partial charge in [0.15, 0.2) is 11.3 Å². The molecule has 16 heavy (non-hydrogen) atoms. The van der Waals surface area contributed by atoms with E-state index in [2.05, 4.69) is 0 Å². The molecule has 0 heterocycles. The van der Waals surface area contributed by atoms with Crippen molar-refractivity contribution in [1.82, 2.24) is 0 Å². The molecule has 0 spiro atoms. The van der Waals surface area contributed by atoms with Gasteiger partial charge in [0.25, 0.3) is 5.92 Å². The Bertz CT molecular complexity index is 221. The standard InChI is InChI=1S/C10H16F4OS/c1-3-9(15)16-5-4-10(13,14)8(12)6-7(2)11/h7-8H,3-6H2,1-2H3. The molecule has 0 N–H and O–H groups in total. The second kappa shape index (κ2) is 7.14. The van der Waals surface area contributed by atoms with E-state index in [1.165, 1.54) is 0 Å². The molecule has 0 amide bonds. The first-order chi connectivity index (χ1) is 7.29. The third-order valence-corrected chi connectivity index (χ3v) is 3.00. The minimum absolute atomic E-state index is 0.138. The van der Waals surface area contributed by atoms with Crippen molar-refractivity contribution in [3.63, 3.8) is 0 Å². The van der Waals surface area contributed by atoms with Gasteiger partial charge in [0.1, 0.15) is 6.17 Å². The van der Waals surface area contributed by atoms with Crippen LogP contribution in [0.25, 0.3) is 0 Å². The van der Waals surface area contributed by atoms with Gasteiger partial charge in [0.05, 0.1) is 0 Å². The number of carbonyl (C=O) groups is 1. The lowest BCUT2D eigenvalue weighted by atomic mass is 10.1. The quantitative estimate of drug-likeness (QED) is 0.648. The van der Waals surface area contributed by atoms with E-state index in [-0.39, 0.29) is 17.3 Å². The van der Waals surface area contributed by atoms with Crippen molar-refractivity contribution >= 4 is 16.9 Å². The van der Waals surface area contributed by atoms with E-state index in [1.807, 2.05) is 0 Å². The number of rotatable bonds is 7. The summed E-state index contributed by atoms with van der Waals surface area (Å²) < 4.78 is 51.4. The van der Waals surface area contributed by atoms with Gasteiger partial charge in [-0.25, -0.2) is 17.6 Å². The average Bonchev–Trinajstić information content (AvgIpc) is 2.16. The van der Waals surface area contributed by atoms with Crippen LogP contribution < -0.4 is 0 Å². The topological polar surface area (TPSA) is 17.1 Å². The predicted octanol–water partition coefficient (Wildman–Crippen LogP) is 3.77. The molecule has 1 nitrogen and oxygen atoms in total. The van der Waals surface area contributed by atoms with Crippen LogP contribution in [0.2, 0.25) is 0 Å². The summed E-state index contributed by atoms with van der Waals surface area (Å²) in [6, 6.07) is 0. The van der Waals surface area contributed by atoms with Crippen molar-refractivity contribution in [2.75, 3.05) is 5.75 Å². The van der Waals surface area contributed by atoms with Gasteiger partial charge in [-0.2, -0.15) is 0 Å². The summed E-state index contributed by atoms with van der Waals surface area (Å²) in [5.41, 5.74) is 0. The highest BCUT2D eigenvalue weighted by molar-refractivity contribution is 8.13. The third kappa shape index (κ3) is 6.35. The molecule has 2 atom stereocenters. The van der Waals surface area contributed by atoms with Crippen LogP contribution >= 0.6 is 11.8 Å². The molecule has 96 valence electrons. The lowest BCUT2D eigenvalue weighted by molar-refractivity contribution is -0.110. The van der Waals surface area contributed by atoms with E-state index in [4.69, 9.17) is 0 Å². The molecule has 0 saturated heterocycles. The largest absolute Gasteiger partial charge is 0.287 e. The van der Waals surface area contributed by atoms with E-state index in [1.54, 1.807) is 6.92 Å². The number of carbonyl (C=O) groups excluding carboxylic acids is 1. The molecule has 0 fully saturated rings. The molecule has 0 aromatic rings. The molecule has 0 saturated carbocycles. The maximum Gasteiger partial charge on any atom is 0.279 e. The van der Waals surface area contributed by atoms with Gasteiger partial charge >= 0.3 is 0 Å². The lowest BCUT2D eigenvalue weighted by Crippen LogP contribution is -2.32. The van der Waals surface area contributed by atoms with Crippen molar-refractivity contribution in [2.24, 2.45) is 0 Å². The predicted molar refractivity (Wildman–Crippen MR) is 57.4 cm³/mol. The number of hydrogen-bond acceptors (Lipinski definition) is 2. The van der Waals surface area contributed by atoms with Gasteiger partial charge < -0.3 is 0 Å². The van der Waals surface area contributed by atoms with Crippen LogP contribution in [0.15, 0.2) is 0 Å².